The van der Waals surface area contributed by atoms with Gasteiger partial charge < -0.3 is 9.47 Å². The molecule has 154 valence electrons. The summed E-state index contributed by atoms with van der Waals surface area (Å²) in [6.07, 6.45) is 3.56. The van der Waals surface area contributed by atoms with Crippen LogP contribution in [0.4, 0.5) is 0 Å². The zero-order valence-corrected chi connectivity index (χ0v) is 17.4. The normalized spacial score (nSPS) is 10.5. The Kier molecular flexibility index (Phi) is 7.39. The Morgan fingerprint density at radius 3 is 1.50 bits per heavy atom. The van der Waals surface area contributed by atoms with E-state index in [-0.39, 0.29) is 0 Å². The summed E-state index contributed by atoms with van der Waals surface area (Å²) in [7, 11) is 0. The molecule has 3 aromatic carbocycles. The molecule has 0 aliphatic rings. The van der Waals surface area contributed by atoms with Gasteiger partial charge in [0.05, 0.1) is 11.1 Å². The maximum atomic E-state index is 12.7. The van der Waals surface area contributed by atoms with Crippen molar-refractivity contribution in [3.05, 3.63) is 95.1 Å². The maximum absolute atomic E-state index is 12.7. The lowest BCUT2D eigenvalue weighted by atomic mass is 10.1. The first kappa shape index (κ1) is 21.3. The molecule has 0 aliphatic heterocycles. The van der Waals surface area contributed by atoms with Crippen molar-refractivity contribution in [2.75, 3.05) is 0 Å². The standard InChI is InChI=1S/C26H26O4/c1-3-10-19-12-5-7-16-23(19)29-25(27)21-14-9-15-22(18-21)26(28)30-24-17-8-6-13-20(24)11-4-2/h5-9,12-18H,3-4,10-11H2,1-2H3. The lowest BCUT2D eigenvalue weighted by Crippen LogP contribution is -2.13. The zero-order chi connectivity index (χ0) is 21.3. The highest BCUT2D eigenvalue weighted by Crippen LogP contribution is 2.23. The average molecular weight is 402 g/mol. The number of ether oxygens (including phenoxy) is 2. The molecule has 3 aromatic rings. The third-order valence-corrected chi connectivity index (χ3v) is 4.72. The molecule has 30 heavy (non-hydrogen) atoms. The summed E-state index contributed by atoms with van der Waals surface area (Å²) in [4.78, 5) is 25.3. The molecule has 0 N–H and O–H groups in total. The molecule has 0 unspecified atom stereocenters. The Hall–Kier alpha value is -3.40. The lowest BCUT2D eigenvalue weighted by Gasteiger charge is -2.11. The summed E-state index contributed by atoms with van der Waals surface area (Å²) in [6, 6.07) is 21.4. The number of carbonyl (C=O) groups is 2. The predicted octanol–water partition coefficient (Wildman–Crippen LogP) is 6.03. The molecule has 0 fully saturated rings. The molecular formula is C26H26O4. The monoisotopic (exact) mass is 402 g/mol. The largest absolute Gasteiger partial charge is 0.423 e. The van der Waals surface area contributed by atoms with E-state index in [0.29, 0.717) is 22.6 Å². The topological polar surface area (TPSA) is 52.6 Å². The van der Waals surface area contributed by atoms with Crippen molar-refractivity contribution in [1.82, 2.24) is 0 Å². The molecule has 0 saturated heterocycles. The summed E-state index contributed by atoms with van der Waals surface area (Å²) in [5, 5.41) is 0. The van der Waals surface area contributed by atoms with E-state index in [1.54, 1.807) is 30.3 Å². The summed E-state index contributed by atoms with van der Waals surface area (Å²) >= 11 is 0. The van der Waals surface area contributed by atoms with Crippen LogP contribution in [0.2, 0.25) is 0 Å². The number of para-hydroxylation sites is 2. The molecule has 0 spiro atoms. The molecule has 0 bridgehead atoms. The number of benzene rings is 3. The number of hydrogen-bond acceptors (Lipinski definition) is 4. The van der Waals surface area contributed by atoms with Crippen molar-refractivity contribution >= 4 is 11.9 Å². The van der Waals surface area contributed by atoms with Gasteiger partial charge >= 0.3 is 11.9 Å². The first-order valence-electron chi connectivity index (χ1n) is 10.3. The van der Waals surface area contributed by atoms with Crippen LogP contribution < -0.4 is 9.47 Å². The van der Waals surface area contributed by atoms with Gasteiger partial charge in [-0.1, -0.05) is 69.2 Å². The van der Waals surface area contributed by atoms with Gasteiger partial charge in [-0.3, -0.25) is 0 Å². The minimum atomic E-state index is -0.500. The first-order valence-corrected chi connectivity index (χ1v) is 10.3. The molecular weight excluding hydrogens is 376 g/mol. The highest BCUT2D eigenvalue weighted by Gasteiger charge is 2.16. The summed E-state index contributed by atoms with van der Waals surface area (Å²) < 4.78 is 11.2. The van der Waals surface area contributed by atoms with Gasteiger partial charge in [0.25, 0.3) is 0 Å². The molecule has 4 nitrogen and oxygen atoms in total. The molecule has 0 heterocycles. The first-order chi connectivity index (χ1) is 14.6. The van der Waals surface area contributed by atoms with Gasteiger partial charge in [0.15, 0.2) is 0 Å². The van der Waals surface area contributed by atoms with E-state index in [1.165, 1.54) is 6.07 Å². The van der Waals surface area contributed by atoms with Crippen LogP contribution in [0.25, 0.3) is 0 Å². The van der Waals surface area contributed by atoms with Gasteiger partial charge in [0.2, 0.25) is 0 Å². The fourth-order valence-electron chi connectivity index (χ4n) is 3.25. The molecule has 0 amide bonds. The number of esters is 2. The van der Waals surface area contributed by atoms with Crippen LogP contribution in [0, 0.1) is 0 Å². The van der Waals surface area contributed by atoms with Crippen LogP contribution in [0.5, 0.6) is 11.5 Å². The minimum absolute atomic E-state index is 0.303. The van der Waals surface area contributed by atoms with Crippen LogP contribution in [-0.2, 0) is 12.8 Å². The summed E-state index contributed by atoms with van der Waals surface area (Å²) in [5.74, 6) is 0.0933. The Balaban J connectivity index is 1.76. The maximum Gasteiger partial charge on any atom is 0.343 e. The quantitative estimate of drug-likeness (QED) is 0.341. The average Bonchev–Trinajstić information content (AvgIpc) is 2.77. The fraction of sp³-hybridized carbons (Fsp3) is 0.231. The van der Waals surface area contributed by atoms with Gasteiger partial charge in [0, 0.05) is 0 Å². The van der Waals surface area contributed by atoms with E-state index < -0.39 is 11.9 Å². The van der Waals surface area contributed by atoms with E-state index in [9.17, 15) is 9.59 Å². The van der Waals surface area contributed by atoms with Crippen LogP contribution in [0.1, 0.15) is 58.5 Å². The Morgan fingerprint density at radius 1 is 0.633 bits per heavy atom. The van der Waals surface area contributed by atoms with Crippen molar-refractivity contribution in [2.24, 2.45) is 0 Å². The van der Waals surface area contributed by atoms with Crippen LogP contribution in [0.3, 0.4) is 0 Å². The molecule has 3 rings (SSSR count). The lowest BCUT2D eigenvalue weighted by molar-refractivity contribution is 0.0733. The van der Waals surface area contributed by atoms with Gasteiger partial charge in [-0.15, -0.1) is 0 Å². The molecule has 0 aromatic heterocycles. The minimum Gasteiger partial charge on any atom is -0.423 e. The number of rotatable bonds is 8. The predicted molar refractivity (Wildman–Crippen MR) is 117 cm³/mol. The molecule has 0 atom stereocenters. The van der Waals surface area contributed by atoms with E-state index in [4.69, 9.17) is 9.47 Å². The zero-order valence-electron chi connectivity index (χ0n) is 17.4. The molecule has 0 radical (unpaired) electrons. The van der Waals surface area contributed by atoms with E-state index in [2.05, 4.69) is 13.8 Å². The van der Waals surface area contributed by atoms with E-state index >= 15 is 0 Å². The molecule has 4 heteroatoms. The summed E-state index contributed by atoms with van der Waals surface area (Å²) in [6.45, 7) is 4.15. The van der Waals surface area contributed by atoms with Gasteiger partial charge in [-0.2, -0.15) is 0 Å². The van der Waals surface area contributed by atoms with Crippen molar-refractivity contribution in [3.63, 3.8) is 0 Å². The molecule has 0 saturated carbocycles. The number of hydrogen-bond donors (Lipinski definition) is 0. The highest BCUT2D eigenvalue weighted by molar-refractivity contribution is 5.96. The van der Waals surface area contributed by atoms with Gasteiger partial charge in [-0.25, -0.2) is 9.59 Å². The SMILES string of the molecule is CCCc1ccccc1OC(=O)c1cccc(C(=O)Oc2ccccc2CCC)c1. The highest BCUT2D eigenvalue weighted by atomic mass is 16.5. The number of aryl methyl sites for hydroxylation is 2. The van der Waals surface area contributed by atoms with Crippen molar-refractivity contribution < 1.29 is 19.1 Å². The second kappa shape index (κ2) is 10.4. The second-order valence-corrected chi connectivity index (χ2v) is 7.08. The van der Waals surface area contributed by atoms with Crippen LogP contribution in [0.15, 0.2) is 72.8 Å². The van der Waals surface area contributed by atoms with E-state index in [0.717, 1.165) is 36.8 Å². The van der Waals surface area contributed by atoms with E-state index in [1.807, 2.05) is 36.4 Å². The second-order valence-electron chi connectivity index (χ2n) is 7.08. The van der Waals surface area contributed by atoms with Crippen molar-refractivity contribution in [3.8, 4) is 11.5 Å². The van der Waals surface area contributed by atoms with Gasteiger partial charge in [0.1, 0.15) is 11.5 Å². The van der Waals surface area contributed by atoms with Crippen LogP contribution >= 0.6 is 0 Å². The Morgan fingerprint density at radius 2 is 1.07 bits per heavy atom. The van der Waals surface area contributed by atoms with Gasteiger partial charge in [-0.05, 0) is 54.3 Å². The number of carbonyl (C=O) groups excluding carboxylic acids is 2. The molecule has 0 aliphatic carbocycles. The Labute approximate surface area is 177 Å². The summed E-state index contributed by atoms with van der Waals surface area (Å²) in [5.41, 5.74) is 2.57. The third-order valence-electron chi connectivity index (χ3n) is 4.72. The van der Waals surface area contributed by atoms with Crippen LogP contribution in [-0.4, -0.2) is 11.9 Å². The third kappa shape index (κ3) is 5.35. The smallest absolute Gasteiger partial charge is 0.343 e. The van der Waals surface area contributed by atoms with Crippen molar-refractivity contribution in [2.45, 2.75) is 39.5 Å². The Bertz CT molecular complexity index is 944. The van der Waals surface area contributed by atoms with Crippen molar-refractivity contribution in [1.29, 1.82) is 0 Å². The fourth-order valence-corrected chi connectivity index (χ4v) is 3.25.